The number of aryl methyl sites for hydroxylation is 1. The molecule has 0 aliphatic carbocycles. The quantitative estimate of drug-likeness (QED) is 0.780. The van der Waals surface area contributed by atoms with Crippen molar-refractivity contribution < 1.29 is 4.39 Å². The van der Waals surface area contributed by atoms with Crippen LogP contribution in [0.25, 0.3) is 0 Å². The summed E-state index contributed by atoms with van der Waals surface area (Å²) in [6.45, 7) is 4.55. The third-order valence-electron chi connectivity index (χ3n) is 3.60. The average molecular weight is 286 g/mol. The Balaban J connectivity index is 1.67. The number of nitrogens with zero attached hydrogens (tertiary/aromatic N) is 1. The van der Waals surface area contributed by atoms with Gasteiger partial charge in [0.15, 0.2) is 0 Å². The summed E-state index contributed by atoms with van der Waals surface area (Å²) in [5.41, 5.74) is 3.08. The van der Waals surface area contributed by atoms with Crippen LogP contribution >= 0.6 is 0 Å². The van der Waals surface area contributed by atoms with E-state index in [2.05, 4.69) is 41.5 Å². The van der Waals surface area contributed by atoms with E-state index in [1.807, 2.05) is 18.2 Å². The maximum Gasteiger partial charge on any atom is 0.126 e. The average Bonchev–Trinajstić information content (AvgIpc) is 2.51. The molecule has 2 aromatic carbocycles. The molecule has 2 rings (SSSR count). The van der Waals surface area contributed by atoms with Crippen LogP contribution in [0, 0.1) is 12.7 Å². The number of para-hydroxylation sites is 1. The standard InChI is InChI=1S/C18H23FN2/c1-15-13-16(9-10-18(15)19)14-20-11-6-12-21(2)17-7-4-3-5-8-17/h3-5,7-10,13,20H,6,11-12,14H2,1-2H3. The van der Waals surface area contributed by atoms with E-state index >= 15 is 0 Å². The third-order valence-corrected chi connectivity index (χ3v) is 3.60. The molecule has 1 N–H and O–H groups in total. The van der Waals surface area contributed by atoms with Crippen molar-refractivity contribution in [3.63, 3.8) is 0 Å². The molecule has 112 valence electrons. The van der Waals surface area contributed by atoms with Crippen LogP contribution in [0.2, 0.25) is 0 Å². The van der Waals surface area contributed by atoms with Gasteiger partial charge in [0.2, 0.25) is 0 Å². The van der Waals surface area contributed by atoms with Gasteiger partial charge in [-0.3, -0.25) is 0 Å². The molecule has 0 spiro atoms. The van der Waals surface area contributed by atoms with Gasteiger partial charge in [-0.15, -0.1) is 0 Å². The van der Waals surface area contributed by atoms with Gasteiger partial charge in [-0.1, -0.05) is 30.3 Å². The number of halogens is 1. The second kappa shape index (κ2) is 7.79. The van der Waals surface area contributed by atoms with E-state index in [1.54, 1.807) is 6.92 Å². The smallest absolute Gasteiger partial charge is 0.126 e. The van der Waals surface area contributed by atoms with Gasteiger partial charge in [-0.05, 0) is 49.2 Å². The zero-order chi connectivity index (χ0) is 15.1. The lowest BCUT2D eigenvalue weighted by molar-refractivity contribution is 0.613. The number of nitrogens with one attached hydrogen (secondary N) is 1. The van der Waals surface area contributed by atoms with Crippen molar-refractivity contribution in [1.29, 1.82) is 0 Å². The highest BCUT2D eigenvalue weighted by molar-refractivity contribution is 5.44. The van der Waals surface area contributed by atoms with E-state index in [1.165, 1.54) is 11.8 Å². The Bertz CT molecular complexity index is 554. The Hall–Kier alpha value is -1.87. The van der Waals surface area contributed by atoms with Crippen LogP contribution in [0.3, 0.4) is 0 Å². The van der Waals surface area contributed by atoms with Crippen molar-refractivity contribution in [1.82, 2.24) is 5.32 Å². The van der Waals surface area contributed by atoms with Gasteiger partial charge in [0, 0.05) is 25.8 Å². The number of benzene rings is 2. The highest BCUT2D eigenvalue weighted by Gasteiger charge is 2.00. The first-order chi connectivity index (χ1) is 10.2. The molecule has 0 unspecified atom stereocenters. The summed E-state index contributed by atoms with van der Waals surface area (Å²) in [5, 5.41) is 3.41. The molecule has 0 bridgehead atoms. The zero-order valence-corrected chi connectivity index (χ0v) is 12.8. The normalized spacial score (nSPS) is 10.6. The first-order valence-electron chi connectivity index (χ1n) is 7.39. The molecule has 0 heterocycles. The maximum atomic E-state index is 13.2. The predicted octanol–water partition coefficient (Wildman–Crippen LogP) is 3.75. The van der Waals surface area contributed by atoms with E-state index < -0.39 is 0 Å². The molecule has 0 aliphatic rings. The Labute approximate surface area is 126 Å². The molecule has 0 aromatic heterocycles. The van der Waals surface area contributed by atoms with E-state index in [9.17, 15) is 4.39 Å². The molecular formula is C18H23FN2. The number of anilines is 1. The highest BCUT2D eigenvalue weighted by Crippen LogP contribution is 2.11. The van der Waals surface area contributed by atoms with E-state index in [0.717, 1.165) is 31.6 Å². The molecule has 0 amide bonds. The van der Waals surface area contributed by atoms with Crippen molar-refractivity contribution in [2.75, 3.05) is 25.0 Å². The SMILES string of the molecule is Cc1cc(CNCCCN(C)c2ccccc2)ccc1F. The fourth-order valence-electron chi connectivity index (χ4n) is 2.30. The second-order valence-electron chi connectivity index (χ2n) is 5.37. The van der Waals surface area contributed by atoms with Gasteiger partial charge >= 0.3 is 0 Å². The molecule has 0 radical (unpaired) electrons. The lowest BCUT2D eigenvalue weighted by atomic mass is 10.1. The van der Waals surface area contributed by atoms with Gasteiger partial charge in [0.25, 0.3) is 0 Å². The van der Waals surface area contributed by atoms with Gasteiger partial charge < -0.3 is 10.2 Å². The van der Waals surface area contributed by atoms with Crippen molar-refractivity contribution in [2.45, 2.75) is 19.9 Å². The van der Waals surface area contributed by atoms with Crippen LogP contribution in [-0.2, 0) is 6.54 Å². The van der Waals surface area contributed by atoms with Crippen LogP contribution in [0.1, 0.15) is 17.5 Å². The van der Waals surface area contributed by atoms with Crippen molar-refractivity contribution >= 4 is 5.69 Å². The highest BCUT2D eigenvalue weighted by atomic mass is 19.1. The van der Waals surface area contributed by atoms with Crippen molar-refractivity contribution in [3.05, 3.63) is 65.5 Å². The van der Waals surface area contributed by atoms with E-state index in [0.29, 0.717) is 5.56 Å². The fraction of sp³-hybridized carbons (Fsp3) is 0.333. The summed E-state index contributed by atoms with van der Waals surface area (Å²) in [4.78, 5) is 2.25. The molecule has 21 heavy (non-hydrogen) atoms. The van der Waals surface area contributed by atoms with Gasteiger partial charge in [0.05, 0.1) is 0 Å². The Morgan fingerprint density at radius 1 is 1.10 bits per heavy atom. The molecular weight excluding hydrogens is 263 g/mol. The molecule has 0 atom stereocenters. The maximum absolute atomic E-state index is 13.2. The summed E-state index contributed by atoms with van der Waals surface area (Å²) >= 11 is 0. The molecule has 3 heteroatoms. The topological polar surface area (TPSA) is 15.3 Å². The zero-order valence-electron chi connectivity index (χ0n) is 12.8. The molecule has 2 aromatic rings. The van der Waals surface area contributed by atoms with Crippen LogP contribution < -0.4 is 10.2 Å². The van der Waals surface area contributed by atoms with Crippen molar-refractivity contribution in [3.8, 4) is 0 Å². The largest absolute Gasteiger partial charge is 0.375 e. The van der Waals surface area contributed by atoms with E-state index in [-0.39, 0.29) is 5.82 Å². The van der Waals surface area contributed by atoms with Gasteiger partial charge in [0.1, 0.15) is 5.82 Å². The number of rotatable bonds is 7. The second-order valence-corrected chi connectivity index (χ2v) is 5.37. The number of hydrogen-bond acceptors (Lipinski definition) is 2. The minimum Gasteiger partial charge on any atom is -0.375 e. The molecule has 2 nitrogen and oxygen atoms in total. The van der Waals surface area contributed by atoms with Crippen LogP contribution in [0.5, 0.6) is 0 Å². The van der Waals surface area contributed by atoms with E-state index in [4.69, 9.17) is 0 Å². The molecule has 0 aliphatic heterocycles. The Morgan fingerprint density at radius 3 is 2.57 bits per heavy atom. The third kappa shape index (κ3) is 4.87. The molecule has 0 saturated heterocycles. The molecule has 0 fully saturated rings. The first-order valence-corrected chi connectivity index (χ1v) is 7.39. The van der Waals surface area contributed by atoms with Crippen LogP contribution in [-0.4, -0.2) is 20.1 Å². The molecule has 0 saturated carbocycles. The van der Waals surface area contributed by atoms with Crippen LogP contribution in [0.4, 0.5) is 10.1 Å². The Kier molecular flexibility index (Phi) is 5.76. The van der Waals surface area contributed by atoms with Crippen molar-refractivity contribution in [2.24, 2.45) is 0 Å². The summed E-state index contributed by atoms with van der Waals surface area (Å²) in [5.74, 6) is -0.136. The summed E-state index contributed by atoms with van der Waals surface area (Å²) in [7, 11) is 2.11. The van der Waals surface area contributed by atoms with Crippen LogP contribution in [0.15, 0.2) is 48.5 Å². The summed E-state index contributed by atoms with van der Waals surface area (Å²) in [6.07, 6.45) is 1.07. The van der Waals surface area contributed by atoms with Gasteiger partial charge in [-0.25, -0.2) is 4.39 Å². The summed E-state index contributed by atoms with van der Waals surface area (Å²) < 4.78 is 13.2. The van der Waals surface area contributed by atoms with Gasteiger partial charge in [-0.2, -0.15) is 0 Å². The predicted molar refractivity (Wildman–Crippen MR) is 87.2 cm³/mol. The number of hydrogen-bond donors (Lipinski definition) is 1. The Morgan fingerprint density at radius 2 is 1.86 bits per heavy atom. The fourth-order valence-corrected chi connectivity index (χ4v) is 2.30. The first kappa shape index (κ1) is 15.5. The minimum absolute atomic E-state index is 0.136. The lowest BCUT2D eigenvalue weighted by Crippen LogP contribution is -2.23. The summed E-state index contributed by atoms with van der Waals surface area (Å²) in [6, 6.07) is 15.7. The lowest BCUT2D eigenvalue weighted by Gasteiger charge is -2.19. The minimum atomic E-state index is -0.136. The monoisotopic (exact) mass is 286 g/mol.